The second-order valence-electron chi connectivity index (χ2n) is 4.36. The molecule has 14 heavy (non-hydrogen) atoms. The van der Waals surface area contributed by atoms with Crippen molar-refractivity contribution >= 4 is 5.91 Å². The molecule has 0 fully saturated rings. The van der Waals surface area contributed by atoms with E-state index in [-0.39, 0.29) is 11.9 Å². The minimum atomic E-state index is -0.334. The molecule has 2 unspecified atom stereocenters. The van der Waals surface area contributed by atoms with Gasteiger partial charge >= 0.3 is 0 Å². The maximum atomic E-state index is 11.4. The van der Waals surface area contributed by atoms with Gasteiger partial charge in [0, 0.05) is 6.54 Å². The highest BCUT2D eigenvalue weighted by Crippen LogP contribution is 2.07. The fraction of sp³-hybridized carbons (Fsp3) is 0.909. The summed E-state index contributed by atoms with van der Waals surface area (Å²) in [5.41, 5.74) is 5.68. The Hall–Kier alpha value is -0.570. The first-order valence-corrected chi connectivity index (χ1v) is 5.52. The maximum Gasteiger partial charge on any atom is 0.236 e. The van der Waals surface area contributed by atoms with Gasteiger partial charge < -0.3 is 11.1 Å². The molecule has 84 valence electrons. The van der Waals surface area contributed by atoms with Gasteiger partial charge in [-0.2, -0.15) is 0 Å². The standard InChI is InChI=1S/C11H24N2O/c1-5-6-10(12)11(14)13-7-9(4)8(2)3/h8-10H,5-7,12H2,1-4H3,(H,13,14). The summed E-state index contributed by atoms with van der Waals surface area (Å²) in [5, 5.41) is 2.88. The number of carbonyl (C=O) groups is 1. The topological polar surface area (TPSA) is 55.1 Å². The molecule has 0 spiro atoms. The molecule has 0 radical (unpaired) electrons. The van der Waals surface area contributed by atoms with Crippen LogP contribution in [0.1, 0.15) is 40.5 Å². The van der Waals surface area contributed by atoms with Crippen molar-refractivity contribution < 1.29 is 4.79 Å². The number of hydrogen-bond acceptors (Lipinski definition) is 2. The predicted molar refractivity (Wildman–Crippen MR) is 59.9 cm³/mol. The van der Waals surface area contributed by atoms with Gasteiger partial charge in [0.2, 0.25) is 5.91 Å². The van der Waals surface area contributed by atoms with Crippen LogP contribution in [0.2, 0.25) is 0 Å². The summed E-state index contributed by atoms with van der Waals surface area (Å²) in [6.07, 6.45) is 1.72. The van der Waals surface area contributed by atoms with E-state index in [4.69, 9.17) is 5.73 Å². The van der Waals surface area contributed by atoms with E-state index in [1.54, 1.807) is 0 Å². The third-order valence-electron chi connectivity index (χ3n) is 2.67. The molecule has 0 aromatic heterocycles. The Morgan fingerprint density at radius 3 is 2.36 bits per heavy atom. The molecule has 0 aromatic rings. The van der Waals surface area contributed by atoms with Crippen molar-refractivity contribution in [1.82, 2.24) is 5.32 Å². The van der Waals surface area contributed by atoms with Gasteiger partial charge in [0.25, 0.3) is 0 Å². The average Bonchev–Trinajstić information content (AvgIpc) is 2.13. The van der Waals surface area contributed by atoms with Gasteiger partial charge in [-0.15, -0.1) is 0 Å². The van der Waals surface area contributed by atoms with Crippen molar-refractivity contribution in [3.63, 3.8) is 0 Å². The fourth-order valence-corrected chi connectivity index (χ4v) is 1.07. The van der Waals surface area contributed by atoms with E-state index in [1.165, 1.54) is 0 Å². The van der Waals surface area contributed by atoms with E-state index in [0.29, 0.717) is 11.8 Å². The van der Waals surface area contributed by atoms with Gasteiger partial charge in [0.15, 0.2) is 0 Å². The molecule has 0 aromatic carbocycles. The van der Waals surface area contributed by atoms with Crippen LogP contribution in [0.4, 0.5) is 0 Å². The first-order chi connectivity index (χ1) is 6.49. The van der Waals surface area contributed by atoms with E-state index < -0.39 is 0 Å². The summed E-state index contributed by atoms with van der Waals surface area (Å²) in [6, 6.07) is -0.334. The predicted octanol–water partition coefficient (Wildman–Crippen LogP) is 1.52. The number of hydrogen-bond donors (Lipinski definition) is 2. The number of carbonyl (C=O) groups excluding carboxylic acids is 1. The van der Waals surface area contributed by atoms with Gasteiger partial charge in [0.1, 0.15) is 0 Å². The van der Waals surface area contributed by atoms with Crippen LogP contribution >= 0.6 is 0 Å². The van der Waals surface area contributed by atoms with Crippen LogP contribution < -0.4 is 11.1 Å². The van der Waals surface area contributed by atoms with Crippen molar-refractivity contribution in [2.45, 2.75) is 46.6 Å². The monoisotopic (exact) mass is 200 g/mol. The molecule has 0 aliphatic heterocycles. The summed E-state index contributed by atoms with van der Waals surface area (Å²) in [4.78, 5) is 11.4. The van der Waals surface area contributed by atoms with E-state index in [9.17, 15) is 4.79 Å². The first kappa shape index (κ1) is 13.4. The van der Waals surface area contributed by atoms with Crippen LogP contribution in [0.3, 0.4) is 0 Å². The molecule has 2 atom stereocenters. The van der Waals surface area contributed by atoms with E-state index in [1.807, 2.05) is 6.92 Å². The van der Waals surface area contributed by atoms with Crippen LogP contribution in [-0.4, -0.2) is 18.5 Å². The summed E-state index contributed by atoms with van der Waals surface area (Å²) in [5.74, 6) is 1.09. The van der Waals surface area contributed by atoms with Crippen LogP contribution in [0.15, 0.2) is 0 Å². The molecule has 0 saturated carbocycles. The highest BCUT2D eigenvalue weighted by Gasteiger charge is 2.13. The van der Waals surface area contributed by atoms with Crippen molar-refractivity contribution in [3.8, 4) is 0 Å². The Labute approximate surface area is 87.4 Å². The van der Waals surface area contributed by atoms with Gasteiger partial charge in [0.05, 0.1) is 6.04 Å². The molecule has 0 saturated heterocycles. The molecule has 0 rings (SSSR count). The molecular formula is C11H24N2O. The molecule has 1 amide bonds. The Balaban J connectivity index is 3.73. The van der Waals surface area contributed by atoms with Gasteiger partial charge in [-0.1, -0.05) is 34.1 Å². The zero-order valence-corrected chi connectivity index (χ0v) is 9.84. The summed E-state index contributed by atoms with van der Waals surface area (Å²) < 4.78 is 0. The van der Waals surface area contributed by atoms with Gasteiger partial charge in [-0.05, 0) is 18.3 Å². The summed E-state index contributed by atoms with van der Waals surface area (Å²) in [6.45, 7) is 9.21. The minimum absolute atomic E-state index is 0.0145. The zero-order valence-electron chi connectivity index (χ0n) is 9.84. The lowest BCUT2D eigenvalue weighted by atomic mass is 9.98. The molecule has 0 heterocycles. The van der Waals surface area contributed by atoms with Crippen molar-refractivity contribution in [2.24, 2.45) is 17.6 Å². The molecule has 0 aliphatic carbocycles. The van der Waals surface area contributed by atoms with E-state index >= 15 is 0 Å². The van der Waals surface area contributed by atoms with Crippen molar-refractivity contribution in [2.75, 3.05) is 6.54 Å². The summed E-state index contributed by atoms with van der Waals surface area (Å²) >= 11 is 0. The second-order valence-corrected chi connectivity index (χ2v) is 4.36. The summed E-state index contributed by atoms with van der Waals surface area (Å²) in [7, 11) is 0. The van der Waals surface area contributed by atoms with Gasteiger partial charge in [-0.3, -0.25) is 4.79 Å². The van der Waals surface area contributed by atoms with Crippen LogP contribution in [0, 0.1) is 11.8 Å². The van der Waals surface area contributed by atoms with Crippen molar-refractivity contribution in [1.29, 1.82) is 0 Å². The fourth-order valence-electron chi connectivity index (χ4n) is 1.07. The van der Waals surface area contributed by atoms with Crippen LogP contribution in [0.5, 0.6) is 0 Å². The smallest absolute Gasteiger partial charge is 0.236 e. The van der Waals surface area contributed by atoms with Crippen LogP contribution in [0.25, 0.3) is 0 Å². The Morgan fingerprint density at radius 2 is 1.93 bits per heavy atom. The van der Waals surface area contributed by atoms with Crippen LogP contribution in [-0.2, 0) is 4.79 Å². The Morgan fingerprint density at radius 1 is 1.36 bits per heavy atom. The Bertz CT molecular complexity index is 169. The van der Waals surface area contributed by atoms with Gasteiger partial charge in [-0.25, -0.2) is 0 Å². The lowest BCUT2D eigenvalue weighted by Crippen LogP contribution is -2.42. The number of amides is 1. The third-order valence-corrected chi connectivity index (χ3v) is 2.67. The number of rotatable bonds is 6. The first-order valence-electron chi connectivity index (χ1n) is 5.52. The highest BCUT2D eigenvalue weighted by molar-refractivity contribution is 5.81. The molecule has 3 heteroatoms. The molecule has 3 nitrogen and oxygen atoms in total. The molecule has 3 N–H and O–H groups in total. The Kier molecular flexibility index (Phi) is 6.54. The largest absolute Gasteiger partial charge is 0.354 e. The lowest BCUT2D eigenvalue weighted by molar-refractivity contribution is -0.122. The quantitative estimate of drug-likeness (QED) is 0.683. The molecule has 0 aliphatic rings. The zero-order chi connectivity index (χ0) is 11.1. The SMILES string of the molecule is CCCC(N)C(=O)NCC(C)C(C)C. The number of nitrogens with two attached hydrogens (primary N) is 1. The van der Waals surface area contributed by atoms with Crippen molar-refractivity contribution in [3.05, 3.63) is 0 Å². The minimum Gasteiger partial charge on any atom is -0.354 e. The molecule has 0 bridgehead atoms. The second kappa shape index (κ2) is 6.82. The number of nitrogens with one attached hydrogen (secondary N) is 1. The highest BCUT2D eigenvalue weighted by atomic mass is 16.2. The van der Waals surface area contributed by atoms with E-state index in [0.717, 1.165) is 19.4 Å². The third kappa shape index (κ3) is 5.22. The van der Waals surface area contributed by atoms with E-state index in [2.05, 4.69) is 26.1 Å². The maximum absolute atomic E-state index is 11.4. The average molecular weight is 200 g/mol. The lowest BCUT2D eigenvalue weighted by Gasteiger charge is -2.17. The molecular weight excluding hydrogens is 176 g/mol. The normalized spacial score (nSPS) is 15.3.